The zero-order chi connectivity index (χ0) is 23.8. The summed E-state index contributed by atoms with van der Waals surface area (Å²) in [6, 6.07) is 21.5. The topological polar surface area (TPSA) is 94.6 Å². The van der Waals surface area contributed by atoms with Gasteiger partial charge in [0.2, 0.25) is 0 Å². The SMILES string of the molecule is O=C(N[C@@H](Cc1ccc(N2CCC(CNc3ccccn3)CC2)cc1)C(=O)O)c1ccccc1. The second-order valence-electron chi connectivity index (χ2n) is 8.63. The van der Waals surface area contributed by atoms with Gasteiger partial charge in [0, 0.05) is 43.5 Å². The first-order valence-corrected chi connectivity index (χ1v) is 11.7. The van der Waals surface area contributed by atoms with Crippen LogP contribution in [0.2, 0.25) is 0 Å². The molecule has 7 heteroatoms. The van der Waals surface area contributed by atoms with Crippen LogP contribution in [0.5, 0.6) is 0 Å². The lowest BCUT2D eigenvalue weighted by Crippen LogP contribution is -2.42. The van der Waals surface area contributed by atoms with Crippen LogP contribution in [0.1, 0.15) is 28.8 Å². The van der Waals surface area contributed by atoms with Gasteiger partial charge in [-0.3, -0.25) is 4.79 Å². The van der Waals surface area contributed by atoms with Gasteiger partial charge in [0.15, 0.2) is 0 Å². The van der Waals surface area contributed by atoms with Gasteiger partial charge in [-0.05, 0) is 60.7 Å². The molecule has 0 saturated carbocycles. The van der Waals surface area contributed by atoms with Gasteiger partial charge in [-0.2, -0.15) is 0 Å². The summed E-state index contributed by atoms with van der Waals surface area (Å²) in [6.07, 6.45) is 4.24. The molecule has 7 nitrogen and oxygen atoms in total. The smallest absolute Gasteiger partial charge is 0.326 e. The third-order valence-corrected chi connectivity index (χ3v) is 6.23. The van der Waals surface area contributed by atoms with Crippen molar-refractivity contribution in [1.82, 2.24) is 10.3 Å². The molecule has 0 aliphatic carbocycles. The quantitative estimate of drug-likeness (QED) is 0.451. The van der Waals surface area contributed by atoms with Crippen LogP contribution >= 0.6 is 0 Å². The molecule has 176 valence electrons. The third-order valence-electron chi connectivity index (χ3n) is 6.23. The van der Waals surface area contributed by atoms with Crippen molar-refractivity contribution >= 4 is 23.4 Å². The van der Waals surface area contributed by atoms with E-state index in [-0.39, 0.29) is 12.3 Å². The van der Waals surface area contributed by atoms with E-state index in [2.05, 4.69) is 20.5 Å². The summed E-state index contributed by atoms with van der Waals surface area (Å²) >= 11 is 0. The molecule has 1 aliphatic heterocycles. The molecule has 1 aliphatic rings. The minimum Gasteiger partial charge on any atom is -0.480 e. The first-order valence-electron chi connectivity index (χ1n) is 11.7. The Bertz CT molecular complexity index is 1070. The van der Waals surface area contributed by atoms with Gasteiger partial charge in [-0.15, -0.1) is 0 Å². The van der Waals surface area contributed by atoms with Crippen molar-refractivity contribution in [1.29, 1.82) is 0 Å². The minimum absolute atomic E-state index is 0.232. The zero-order valence-electron chi connectivity index (χ0n) is 19.1. The molecule has 3 aromatic rings. The van der Waals surface area contributed by atoms with E-state index in [1.165, 1.54) is 0 Å². The van der Waals surface area contributed by atoms with Crippen molar-refractivity contribution in [2.24, 2.45) is 5.92 Å². The number of nitrogens with one attached hydrogen (secondary N) is 2. The lowest BCUT2D eigenvalue weighted by molar-refractivity contribution is -0.139. The first-order chi connectivity index (χ1) is 16.6. The minimum atomic E-state index is -1.05. The summed E-state index contributed by atoms with van der Waals surface area (Å²) < 4.78 is 0. The van der Waals surface area contributed by atoms with Gasteiger partial charge in [0.1, 0.15) is 11.9 Å². The van der Waals surface area contributed by atoms with Crippen molar-refractivity contribution in [3.05, 3.63) is 90.1 Å². The highest BCUT2D eigenvalue weighted by atomic mass is 16.4. The van der Waals surface area contributed by atoms with E-state index >= 15 is 0 Å². The van der Waals surface area contributed by atoms with Crippen LogP contribution < -0.4 is 15.5 Å². The van der Waals surface area contributed by atoms with Crippen molar-refractivity contribution in [2.75, 3.05) is 29.9 Å². The number of anilines is 2. The second kappa shape index (κ2) is 11.3. The number of piperidine rings is 1. The molecule has 3 N–H and O–H groups in total. The summed E-state index contributed by atoms with van der Waals surface area (Å²) in [6.45, 7) is 2.90. The third kappa shape index (κ3) is 6.34. The Morgan fingerprint density at radius 2 is 1.68 bits per heavy atom. The Balaban J connectivity index is 1.27. The van der Waals surface area contributed by atoms with Gasteiger partial charge in [-0.25, -0.2) is 9.78 Å². The van der Waals surface area contributed by atoms with Crippen molar-refractivity contribution in [3.8, 4) is 0 Å². The Hall–Kier alpha value is -3.87. The van der Waals surface area contributed by atoms with Crippen molar-refractivity contribution in [3.63, 3.8) is 0 Å². The molecular weight excluding hydrogens is 428 g/mol. The molecule has 1 fully saturated rings. The monoisotopic (exact) mass is 458 g/mol. The molecule has 2 heterocycles. The molecule has 0 spiro atoms. The molecule has 0 unspecified atom stereocenters. The number of hydrogen-bond acceptors (Lipinski definition) is 5. The number of rotatable bonds is 9. The molecule has 1 saturated heterocycles. The number of carbonyl (C=O) groups is 2. The number of carboxylic acid groups (broad SMARTS) is 1. The summed E-state index contributed by atoms with van der Waals surface area (Å²) in [5.41, 5.74) is 2.46. The van der Waals surface area contributed by atoms with Crippen LogP contribution in [0.4, 0.5) is 11.5 Å². The second-order valence-corrected chi connectivity index (χ2v) is 8.63. The fourth-order valence-electron chi connectivity index (χ4n) is 4.22. The van der Waals surface area contributed by atoms with Crippen molar-refractivity contribution < 1.29 is 14.7 Å². The molecule has 0 bridgehead atoms. The number of aliphatic carboxylic acids is 1. The van der Waals surface area contributed by atoms with Crippen molar-refractivity contribution in [2.45, 2.75) is 25.3 Å². The van der Waals surface area contributed by atoms with Crippen LogP contribution in [0.15, 0.2) is 79.0 Å². The number of carbonyl (C=O) groups excluding carboxylic acids is 1. The van der Waals surface area contributed by atoms with E-state index < -0.39 is 12.0 Å². The molecule has 4 rings (SSSR count). The van der Waals surface area contributed by atoms with Gasteiger partial charge in [0.05, 0.1) is 0 Å². The number of pyridine rings is 1. The summed E-state index contributed by atoms with van der Waals surface area (Å²) in [7, 11) is 0. The number of amides is 1. The average Bonchev–Trinajstić information content (AvgIpc) is 2.89. The van der Waals surface area contributed by atoms with E-state index in [1.807, 2.05) is 48.5 Å². The van der Waals surface area contributed by atoms with E-state index in [4.69, 9.17) is 0 Å². The van der Waals surface area contributed by atoms with Gasteiger partial charge in [-0.1, -0.05) is 36.4 Å². The standard InChI is InChI=1S/C27H30N4O3/c32-26(22-6-2-1-3-7-22)30-24(27(33)34)18-20-9-11-23(12-10-20)31-16-13-21(14-17-31)19-29-25-8-4-5-15-28-25/h1-12,15,21,24H,13-14,16-19H2,(H,28,29)(H,30,32)(H,33,34)/t24-/m0/s1. The van der Waals surface area contributed by atoms with Crippen LogP contribution in [0.25, 0.3) is 0 Å². The highest BCUT2D eigenvalue weighted by Gasteiger charge is 2.22. The number of nitrogens with zero attached hydrogens (tertiary/aromatic N) is 2. The summed E-state index contributed by atoms with van der Waals surface area (Å²) in [4.78, 5) is 30.8. The maximum atomic E-state index is 12.4. The Morgan fingerprint density at radius 3 is 2.32 bits per heavy atom. The first kappa shape index (κ1) is 23.3. The Morgan fingerprint density at radius 1 is 0.971 bits per heavy atom. The van der Waals surface area contributed by atoms with Crippen LogP contribution in [-0.4, -0.2) is 47.6 Å². The fourth-order valence-corrected chi connectivity index (χ4v) is 4.22. The molecule has 1 atom stereocenters. The predicted octanol–water partition coefficient (Wildman–Crippen LogP) is 3.84. The Kier molecular flexibility index (Phi) is 7.75. The maximum Gasteiger partial charge on any atom is 0.326 e. The molecule has 1 aromatic heterocycles. The largest absolute Gasteiger partial charge is 0.480 e. The molecule has 2 aromatic carbocycles. The lowest BCUT2D eigenvalue weighted by Gasteiger charge is -2.34. The van der Waals surface area contributed by atoms with Gasteiger partial charge in [0.25, 0.3) is 5.91 Å². The van der Waals surface area contributed by atoms with E-state index in [0.29, 0.717) is 11.5 Å². The maximum absolute atomic E-state index is 12.4. The Labute approximate surface area is 199 Å². The highest BCUT2D eigenvalue weighted by Crippen LogP contribution is 2.24. The fraction of sp³-hybridized carbons (Fsp3) is 0.296. The zero-order valence-corrected chi connectivity index (χ0v) is 19.1. The van der Waals surface area contributed by atoms with E-state index in [1.54, 1.807) is 30.5 Å². The molecule has 1 amide bonds. The lowest BCUT2D eigenvalue weighted by atomic mass is 9.96. The highest BCUT2D eigenvalue weighted by molar-refractivity contribution is 5.96. The number of benzene rings is 2. The van der Waals surface area contributed by atoms with Gasteiger partial charge >= 0.3 is 5.97 Å². The van der Waals surface area contributed by atoms with E-state index in [0.717, 1.165) is 49.5 Å². The van der Waals surface area contributed by atoms with Gasteiger partial charge < -0.3 is 20.6 Å². The summed E-state index contributed by atoms with van der Waals surface area (Å²) in [5.74, 6) is 0.0991. The number of aromatic nitrogens is 1. The number of carboxylic acids is 1. The predicted molar refractivity (Wildman–Crippen MR) is 133 cm³/mol. The van der Waals surface area contributed by atoms with Crippen LogP contribution in [-0.2, 0) is 11.2 Å². The molecular formula is C27H30N4O3. The molecule has 0 radical (unpaired) electrons. The van der Waals surface area contributed by atoms with Crippen LogP contribution in [0, 0.1) is 5.92 Å². The summed E-state index contributed by atoms with van der Waals surface area (Å²) in [5, 5.41) is 15.6. The van der Waals surface area contributed by atoms with E-state index in [9.17, 15) is 14.7 Å². The normalized spacial score (nSPS) is 14.9. The number of hydrogen-bond donors (Lipinski definition) is 3. The van der Waals surface area contributed by atoms with Crippen LogP contribution in [0.3, 0.4) is 0 Å². The average molecular weight is 459 g/mol. The molecule has 34 heavy (non-hydrogen) atoms.